The molecule has 1 aliphatic heterocycles. The lowest BCUT2D eigenvalue weighted by molar-refractivity contribution is -0.222. The van der Waals surface area contributed by atoms with Gasteiger partial charge in [-0.25, -0.2) is 9.59 Å². The van der Waals surface area contributed by atoms with Gasteiger partial charge in [0.2, 0.25) is 0 Å². The van der Waals surface area contributed by atoms with Gasteiger partial charge in [0.05, 0.1) is 0 Å². The fourth-order valence-electron chi connectivity index (χ4n) is 5.66. The fourth-order valence-corrected chi connectivity index (χ4v) is 7.06. The van der Waals surface area contributed by atoms with Crippen LogP contribution in [0.5, 0.6) is 5.75 Å². The average Bonchev–Trinajstić information content (AvgIpc) is 3.29. The molecular formula is C38H58N2O5S. The molecule has 46 heavy (non-hydrogen) atoms. The number of cyclic esters (lactones) is 2. The molecule has 1 atom stereocenters. The van der Waals surface area contributed by atoms with Crippen molar-refractivity contribution in [3.63, 3.8) is 0 Å². The molecule has 1 aliphatic rings. The van der Waals surface area contributed by atoms with E-state index in [2.05, 4.69) is 92.0 Å². The van der Waals surface area contributed by atoms with Gasteiger partial charge in [0.25, 0.3) is 5.79 Å². The van der Waals surface area contributed by atoms with Gasteiger partial charge in [-0.3, -0.25) is 0 Å². The second-order valence-electron chi connectivity index (χ2n) is 16.5. The van der Waals surface area contributed by atoms with E-state index in [-0.39, 0.29) is 39.4 Å². The van der Waals surface area contributed by atoms with Crippen LogP contribution in [0.4, 0.5) is 5.69 Å². The molecule has 0 radical (unpaired) electrons. The van der Waals surface area contributed by atoms with Crippen molar-refractivity contribution in [1.29, 1.82) is 0 Å². The Morgan fingerprint density at radius 2 is 1.41 bits per heavy atom. The number of esters is 2. The number of thiophene rings is 1. The number of nitrogens with one attached hydrogen (secondary N) is 2. The molecule has 2 heterocycles. The summed E-state index contributed by atoms with van der Waals surface area (Å²) in [5, 5.41) is 18.3. The number of phenolic OH excluding ortho intramolecular Hbond substituents is 1. The van der Waals surface area contributed by atoms with E-state index in [0.29, 0.717) is 5.69 Å². The number of phenols is 1. The van der Waals surface area contributed by atoms with Crippen LogP contribution in [0.2, 0.25) is 0 Å². The Hall–Kier alpha value is -3.00. The molecule has 1 saturated heterocycles. The SMILES string of the molecule is CCCCCCC(Cc1ccc(CC(C)(C)C)s1)NC(Nc1cc(C(C)(C)C)c(O)c(C(C)(C)C)c1)=C1C(=O)OC(C)(C)OC1=O. The Kier molecular flexibility index (Phi) is 11.7. The monoisotopic (exact) mass is 654 g/mol. The van der Waals surface area contributed by atoms with E-state index in [1.165, 1.54) is 9.75 Å². The first-order chi connectivity index (χ1) is 21.1. The zero-order chi connectivity index (χ0) is 34.7. The minimum Gasteiger partial charge on any atom is -0.507 e. The Labute approximate surface area is 281 Å². The van der Waals surface area contributed by atoms with Crippen molar-refractivity contribution in [2.75, 3.05) is 5.32 Å². The normalized spacial score (nSPS) is 16.1. The largest absolute Gasteiger partial charge is 0.507 e. The maximum Gasteiger partial charge on any atom is 0.352 e. The summed E-state index contributed by atoms with van der Waals surface area (Å²) in [6, 6.07) is 8.14. The average molecular weight is 655 g/mol. The lowest BCUT2D eigenvalue weighted by Crippen LogP contribution is -2.45. The fraction of sp³-hybridized carbons (Fsp3) is 0.632. The Bertz CT molecular complexity index is 1360. The molecule has 0 spiro atoms. The number of unbranched alkanes of at least 4 members (excludes halogenated alkanes) is 3. The predicted octanol–water partition coefficient (Wildman–Crippen LogP) is 9.27. The van der Waals surface area contributed by atoms with E-state index in [9.17, 15) is 14.7 Å². The van der Waals surface area contributed by atoms with E-state index in [1.807, 2.05) is 23.5 Å². The molecule has 3 rings (SSSR count). The third-order valence-corrected chi connectivity index (χ3v) is 9.06. The third-order valence-electron chi connectivity index (χ3n) is 7.95. The number of ether oxygens (including phenoxy) is 2. The van der Waals surface area contributed by atoms with E-state index in [4.69, 9.17) is 9.47 Å². The molecule has 8 heteroatoms. The molecule has 256 valence electrons. The summed E-state index contributed by atoms with van der Waals surface area (Å²) in [5.41, 5.74) is 1.47. The summed E-state index contributed by atoms with van der Waals surface area (Å²) in [4.78, 5) is 29.5. The topological polar surface area (TPSA) is 96.9 Å². The van der Waals surface area contributed by atoms with E-state index in [0.717, 1.165) is 56.1 Å². The molecule has 2 aromatic rings. The summed E-state index contributed by atoms with van der Waals surface area (Å²) in [7, 11) is 0. The molecule has 0 aliphatic carbocycles. The van der Waals surface area contributed by atoms with Gasteiger partial charge in [-0.15, -0.1) is 11.3 Å². The number of hydrogen-bond donors (Lipinski definition) is 3. The molecule has 3 N–H and O–H groups in total. The molecule has 7 nitrogen and oxygen atoms in total. The van der Waals surface area contributed by atoms with E-state index in [1.54, 1.807) is 13.8 Å². The molecule has 1 unspecified atom stereocenters. The van der Waals surface area contributed by atoms with Crippen LogP contribution in [0.25, 0.3) is 0 Å². The molecule has 0 bridgehead atoms. The van der Waals surface area contributed by atoms with Gasteiger partial charge < -0.3 is 25.2 Å². The Morgan fingerprint density at radius 3 is 1.91 bits per heavy atom. The van der Waals surface area contributed by atoms with E-state index >= 15 is 0 Å². The van der Waals surface area contributed by atoms with Crippen LogP contribution < -0.4 is 10.6 Å². The highest BCUT2D eigenvalue weighted by atomic mass is 32.1. The molecule has 0 amide bonds. The minimum absolute atomic E-state index is 0.0650. The summed E-state index contributed by atoms with van der Waals surface area (Å²) in [6.07, 6.45) is 7.01. The van der Waals surface area contributed by atoms with Gasteiger partial charge >= 0.3 is 11.9 Å². The number of rotatable bonds is 12. The van der Waals surface area contributed by atoms with Gasteiger partial charge in [0.1, 0.15) is 11.6 Å². The quantitative estimate of drug-likeness (QED) is 0.0690. The number of aromatic hydroxyl groups is 1. The molecule has 1 aromatic carbocycles. The Balaban J connectivity index is 2.11. The highest BCUT2D eigenvalue weighted by molar-refractivity contribution is 7.12. The van der Waals surface area contributed by atoms with Crippen LogP contribution in [0, 0.1) is 5.41 Å². The van der Waals surface area contributed by atoms with Crippen LogP contribution in [0.1, 0.15) is 136 Å². The zero-order valence-corrected chi connectivity index (χ0v) is 31.1. The van der Waals surface area contributed by atoms with Gasteiger partial charge in [-0.2, -0.15) is 0 Å². The summed E-state index contributed by atoms with van der Waals surface area (Å²) in [6.45, 7) is 24.3. The standard InChI is InChI=1S/C38H58N2O5S/c1-13-14-15-16-17-24(20-26-18-19-27(46-26)23-35(2,3)4)39-32(30-33(42)44-38(11,12)45-34(30)43)40-25-21-28(36(5,6)7)31(41)29(22-25)37(8,9)10/h18-19,21-22,24,39-41H,13-17,20,23H2,1-12H3. The van der Waals surface area contributed by atoms with Gasteiger partial charge in [-0.1, -0.05) is 94.9 Å². The highest BCUT2D eigenvalue weighted by Crippen LogP contribution is 2.41. The number of carbonyl (C=O) groups excluding carboxylic acids is 2. The van der Waals surface area contributed by atoms with Crippen molar-refractivity contribution in [2.45, 2.75) is 151 Å². The molecule has 0 saturated carbocycles. The number of carbonyl (C=O) groups is 2. The molecule has 1 aromatic heterocycles. The predicted molar refractivity (Wildman–Crippen MR) is 189 cm³/mol. The van der Waals surface area contributed by atoms with Crippen LogP contribution in [0.15, 0.2) is 35.7 Å². The van der Waals surface area contributed by atoms with Gasteiger partial charge in [0.15, 0.2) is 5.57 Å². The molecular weight excluding hydrogens is 596 g/mol. The first-order valence-corrected chi connectivity index (χ1v) is 17.6. The van der Waals surface area contributed by atoms with Crippen molar-refractivity contribution >= 4 is 29.0 Å². The van der Waals surface area contributed by atoms with E-state index < -0.39 is 17.7 Å². The lowest BCUT2D eigenvalue weighted by atomic mass is 9.79. The maximum atomic E-state index is 13.4. The van der Waals surface area contributed by atoms with Crippen molar-refractivity contribution in [3.8, 4) is 5.75 Å². The summed E-state index contributed by atoms with van der Waals surface area (Å²) >= 11 is 1.82. The summed E-state index contributed by atoms with van der Waals surface area (Å²) in [5.74, 6) is -2.34. The first-order valence-electron chi connectivity index (χ1n) is 16.8. The van der Waals surface area contributed by atoms with Crippen LogP contribution in [-0.2, 0) is 42.7 Å². The number of hydrogen-bond acceptors (Lipinski definition) is 8. The van der Waals surface area contributed by atoms with Crippen LogP contribution in [-0.4, -0.2) is 28.9 Å². The number of anilines is 1. The second kappa shape index (κ2) is 14.4. The van der Waals surface area contributed by atoms with Crippen LogP contribution >= 0.6 is 11.3 Å². The van der Waals surface area contributed by atoms with Crippen LogP contribution in [0.3, 0.4) is 0 Å². The summed E-state index contributed by atoms with van der Waals surface area (Å²) < 4.78 is 11.1. The van der Waals surface area contributed by atoms with Crippen molar-refractivity contribution in [2.24, 2.45) is 5.41 Å². The Morgan fingerprint density at radius 1 is 0.870 bits per heavy atom. The zero-order valence-electron chi connectivity index (χ0n) is 30.3. The third kappa shape index (κ3) is 10.5. The maximum absolute atomic E-state index is 13.4. The second-order valence-corrected chi connectivity index (χ2v) is 17.7. The smallest absolute Gasteiger partial charge is 0.352 e. The lowest BCUT2D eigenvalue weighted by Gasteiger charge is -2.32. The van der Waals surface area contributed by atoms with Gasteiger partial charge in [-0.05, 0) is 53.4 Å². The minimum atomic E-state index is -1.36. The highest BCUT2D eigenvalue weighted by Gasteiger charge is 2.42. The number of benzene rings is 1. The van der Waals surface area contributed by atoms with Crippen molar-refractivity contribution < 1.29 is 24.2 Å². The van der Waals surface area contributed by atoms with Crippen molar-refractivity contribution in [1.82, 2.24) is 5.32 Å². The first kappa shape index (κ1) is 37.5. The van der Waals surface area contributed by atoms with Gasteiger partial charge in [0, 0.05) is 52.9 Å². The van der Waals surface area contributed by atoms with Crippen molar-refractivity contribution in [3.05, 3.63) is 56.5 Å². The molecule has 1 fully saturated rings.